The molecule has 0 saturated carbocycles. The maximum Gasteiger partial charge on any atom is 0.308 e. The van der Waals surface area contributed by atoms with Crippen LogP contribution in [0.2, 0.25) is 0 Å². The molecule has 0 radical (unpaired) electrons. The van der Waals surface area contributed by atoms with Crippen molar-refractivity contribution >= 4 is 17.9 Å². The van der Waals surface area contributed by atoms with Crippen molar-refractivity contribution in [1.82, 2.24) is 0 Å². The Labute approximate surface area is 154 Å². The Morgan fingerprint density at radius 2 is 1.31 bits per heavy atom. The highest BCUT2D eigenvalue weighted by molar-refractivity contribution is 5.76. The summed E-state index contributed by atoms with van der Waals surface area (Å²) in [5, 5.41) is 0. The maximum absolute atomic E-state index is 11.6. The lowest BCUT2D eigenvalue weighted by Gasteiger charge is -2.20. The van der Waals surface area contributed by atoms with E-state index in [0.29, 0.717) is 6.42 Å². The minimum Gasteiger partial charge on any atom is -0.461 e. The lowest BCUT2D eigenvalue weighted by molar-refractivity contribution is -0.140. The fourth-order valence-corrected chi connectivity index (χ4v) is 2.47. The van der Waals surface area contributed by atoms with Crippen LogP contribution in [0.15, 0.2) is 11.6 Å². The molecule has 1 rings (SSSR count). The summed E-state index contributed by atoms with van der Waals surface area (Å²) in [7, 11) is 0. The molecule has 0 heterocycles. The minimum atomic E-state index is -0.497. The standard InChI is InChI=1S/C20H26O6/c1-11(10-24-15(5)21)8-9-18-13(3)12(2)14(4)19(25-16(6)22)20(18)26-17(7)23/h8H,9-10H2,1-7H3/b11-8+. The number of carbonyl (C=O) groups excluding carboxylic acids is 3. The van der Waals surface area contributed by atoms with Crippen LogP contribution >= 0.6 is 0 Å². The van der Waals surface area contributed by atoms with Crippen molar-refractivity contribution in [3.05, 3.63) is 33.9 Å². The van der Waals surface area contributed by atoms with Crippen LogP contribution in [0.1, 0.15) is 49.9 Å². The zero-order valence-corrected chi connectivity index (χ0v) is 16.4. The van der Waals surface area contributed by atoms with E-state index >= 15 is 0 Å². The Morgan fingerprint density at radius 3 is 1.81 bits per heavy atom. The highest BCUT2D eigenvalue weighted by Crippen LogP contribution is 2.40. The molecule has 0 saturated heterocycles. The van der Waals surface area contributed by atoms with E-state index in [1.54, 1.807) is 0 Å². The molecule has 0 N–H and O–H groups in total. The number of carbonyl (C=O) groups is 3. The first-order valence-electron chi connectivity index (χ1n) is 8.33. The molecule has 0 fully saturated rings. The Bertz CT molecular complexity index is 758. The van der Waals surface area contributed by atoms with Gasteiger partial charge in [-0.3, -0.25) is 14.4 Å². The normalized spacial score (nSPS) is 11.1. The molecule has 0 aliphatic heterocycles. The van der Waals surface area contributed by atoms with E-state index < -0.39 is 11.9 Å². The van der Waals surface area contributed by atoms with Crippen LogP contribution in [0.3, 0.4) is 0 Å². The average molecular weight is 362 g/mol. The molecule has 0 unspecified atom stereocenters. The molecule has 0 aliphatic rings. The van der Waals surface area contributed by atoms with E-state index in [4.69, 9.17) is 14.2 Å². The van der Waals surface area contributed by atoms with Crippen LogP contribution in [-0.2, 0) is 25.5 Å². The van der Waals surface area contributed by atoms with Crippen molar-refractivity contribution in [1.29, 1.82) is 0 Å². The van der Waals surface area contributed by atoms with E-state index in [9.17, 15) is 14.4 Å². The summed E-state index contributed by atoms with van der Waals surface area (Å²) in [6.07, 6.45) is 2.33. The number of hydrogen-bond donors (Lipinski definition) is 0. The summed E-state index contributed by atoms with van der Waals surface area (Å²) in [4.78, 5) is 34.0. The van der Waals surface area contributed by atoms with Crippen molar-refractivity contribution in [2.45, 2.75) is 54.9 Å². The molecule has 1 aromatic carbocycles. The zero-order valence-electron chi connectivity index (χ0n) is 16.4. The third-order valence-corrected chi connectivity index (χ3v) is 4.05. The van der Waals surface area contributed by atoms with Crippen molar-refractivity contribution < 1.29 is 28.6 Å². The molecule has 6 heteroatoms. The summed E-state index contributed by atoms with van der Waals surface area (Å²) in [6.45, 7) is 11.7. The smallest absolute Gasteiger partial charge is 0.308 e. The second-order valence-corrected chi connectivity index (χ2v) is 6.23. The zero-order chi connectivity index (χ0) is 20.0. The van der Waals surface area contributed by atoms with Crippen molar-refractivity contribution in [2.24, 2.45) is 0 Å². The Hall–Kier alpha value is -2.63. The molecule has 0 atom stereocenters. The second kappa shape index (κ2) is 9.17. The van der Waals surface area contributed by atoms with Crippen LogP contribution in [-0.4, -0.2) is 24.5 Å². The fraction of sp³-hybridized carbons (Fsp3) is 0.450. The van der Waals surface area contributed by atoms with Crippen molar-refractivity contribution in [2.75, 3.05) is 6.61 Å². The van der Waals surface area contributed by atoms with E-state index in [1.807, 2.05) is 33.8 Å². The van der Waals surface area contributed by atoms with Gasteiger partial charge in [-0.25, -0.2) is 0 Å². The number of allylic oxidation sites excluding steroid dienone is 1. The van der Waals surface area contributed by atoms with Crippen LogP contribution in [0.4, 0.5) is 0 Å². The predicted molar refractivity (Wildman–Crippen MR) is 97.4 cm³/mol. The van der Waals surface area contributed by atoms with E-state index in [1.165, 1.54) is 20.8 Å². The molecule has 0 bridgehead atoms. The second-order valence-electron chi connectivity index (χ2n) is 6.23. The topological polar surface area (TPSA) is 78.9 Å². The quantitative estimate of drug-likeness (QED) is 0.438. The van der Waals surface area contributed by atoms with Crippen molar-refractivity contribution in [3.8, 4) is 11.5 Å². The number of ether oxygens (including phenoxy) is 3. The van der Waals surface area contributed by atoms with Gasteiger partial charge < -0.3 is 14.2 Å². The van der Waals surface area contributed by atoms with Crippen LogP contribution in [0.5, 0.6) is 11.5 Å². The van der Waals surface area contributed by atoms with Gasteiger partial charge in [0.05, 0.1) is 0 Å². The molecular weight excluding hydrogens is 336 g/mol. The maximum atomic E-state index is 11.6. The van der Waals surface area contributed by atoms with Crippen molar-refractivity contribution in [3.63, 3.8) is 0 Å². The SMILES string of the molecule is CC(=O)OC/C(C)=C/Cc1c(C)c(C)c(C)c(OC(C)=O)c1OC(C)=O. The summed E-state index contributed by atoms with van der Waals surface area (Å²) < 4.78 is 15.7. The third-order valence-electron chi connectivity index (χ3n) is 4.05. The summed E-state index contributed by atoms with van der Waals surface area (Å²) in [5.41, 5.74) is 4.27. The van der Waals surface area contributed by atoms with Crippen LogP contribution in [0.25, 0.3) is 0 Å². The molecule has 1 aromatic rings. The minimum absolute atomic E-state index is 0.193. The fourth-order valence-electron chi connectivity index (χ4n) is 2.47. The Morgan fingerprint density at radius 1 is 0.769 bits per heavy atom. The third kappa shape index (κ3) is 5.72. The lowest BCUT2D eigenvalue weighted by atomic mass is 9.94. The summed E-state index contributed by atoms with van der Waals surface area (Å²) in [5.74, 6) is -0.820. The summed E-state index contributed by atoms with van der Waals surface area (Å²) >= 11 is 0. The molecule has 0 spiro atoms. The van der Waals surface area contributed by atoms with Gasteiger partial charge in [0.25, 0.3) is 0 Å². The number of benzene rings is 1. The molecule has 0 aliphatic carbocycles. The van der Waals surface area contributed by atoms with Crippen LogP contribution in [0, 0.1) is 20.8 Å². The highest BCUT2D eigenvalue weighted by atomic mass is 16.6. The largest absolute Gasteiger partial charge is 0.461 e. The lowest BCUT2D eigenvalue weighted by Crippen LogP contribution is -2.12. The van der Waals surface area contributed by atoms with E-state index in [-0.39, 0.29) is 24.1 Å². The van der Waals surface area contributed by atoms with Gasteiger partial charge in [-0.1, -0.05) is 6.08 Å². The highest BCUT2D eigenvalue weighted by Gasteiger charge is 2.22. The van der Waals surface area contributed by atoms with Gasteiger partial charge >= 0.3 is 17.9 Å². The molecule has 0 aromatic heterocycles. The van der Waals surface area contributed by atoms with Crippen LogP contribution < -0.4 is 9.47 Å². The average Bonchev–Trinajstić information content (AvgIpc) is 2.53. The molecule has 0 amide bonds. The van der Waals surface area contributed by atoms with Gasteiger partial charge in [-0.2, -0.15) is 0 Å². The molecule has 6 nitrogen and oxygen atoms in total. The van der Waals surface area contributed by atoms with Gasteiger partial charge in [0, 0.05) is 26.3 Å². The first-order valence-corrected chi connectivity index (χ1v) is 8.33. The Kier molecular flexibility index (Phi) is 7.56. The predicted octanol–water partition coefficient (Wildman–Crippen LogP) is 3.51. The summed E-state index contributed by atoms with van der Waals surface area (Å²) in [6, 6.07) is 0. The van der Waals surface area contributed by atoms with Gasteiger partial charge in [-0.05, 0) is 56.4 Å². The van der Waals surface area contributed by atoms with E-state index in [2.05, 4.69) is 0 Å². The first kappa shape index (κ1) is 21.4. The molecule has 26 heavy (non-hydrogen) atoms. The van der Waals surface area contributed by atoms with Gasteiger partial charge in [0.15, 0.2) is 11.5 Å². The first-order chi connectivity index (χ1) is 12.0. The molecular formula is C20H26O6. The number of rotatable bonds is 6. The van der Waals surface area contributed by atoms with Gasteiger partial charge in [0.2, 0.25) is 0 Å². The monoisotopic (exact) mass is 362 g/mol. The number of esters is 3. The molecule has 142 valence electrons. The Balaban J connectivity index is 3.41. The van der Waals surface area contributed by atoms with E-state index in [0.717, 1.165) is 27.8 Å². The van der Waals surface area contributed by atoms with Gasteiger partial charge in [-0.15, -0.1) is 0 Å². The number of hydrogen-bond acceptors (Lipinski definition) is 6. The van der Waals surface area contributed by atoms with Gasteiger partial charge in [0.1, 0.15) is 6.61 Å².